The number of benzene rings is 1. The Hall–Kier alpha value is -1.51. The molecule has 3 nitrogen and oxygen atoms in total. The van der Waals surface area contributed by atoms with Gasteiger partial charge in [0.2, 0.25) is 0 Å². The molecule has 0 N–H and O–H groups in total. The lowest BCUT2D eigenvalue weighted by atomic mass is 9.84. The van der Waals surface area contributed by atoms with E-state index >= 15 is 0 Å². The van der Waals surface area contributed by atoms with Crippen LogP contribution in [0.4, 0.5) is 0 Å². The minimum absolute atomic E-state index is 0.1000. The van der Waals surface area contributed by atoms with Crippen LogP contribution in [-0.4, -0.2) is 11.6 Å². The van der Waals surface area contributed by atoms with Crippen LogP contribution in [0.25, 0.3) is 0 Å². The molecular formula is C26H42O3. The van der Waals surface area contributed by atoms with Gasteiger partial charge in [-0.05, 0) is 81.9 Å². The van der Waals surface area contributed by atoms with Gasteiger partial charge in [-0.25, -0.2) is 0 Å². The zero-order chi connectivity index (χ0) is 21.8. The van der Waals surface area contributed by atoms with E-state index in [1.165, 1.54) is 44.6 Å². The quantitative estimate of drug-likeness (QED) is 0.322. The summed E-state index contributed by atoms with van der Waals surface area (Å²) in [5.41, 5.74) is 4.29. The minimum Gasteiger partial charge on any atom is -0.487 e. The van der Waals surface area contributed by atoms with Gasteiger partial charge in [0, 0.05) is 12.5 Å². The second-order valence-electron chi connectivity index (χ2n) is 9.98. The number of fused-ring (bicyclic) bond motifs is 1. The summed E-state index contributed by atoms with van der Waals surface area (Å²) in [7, 11) is 0. The number of ether oxygens (including phenoxy) is 2. The normalized spacial score (nSPS) is 19.6. The van der Waals surface area contributed by atoms with Gasteiger partial charge in [0.25, 0.3) is 0 Å². The zero-order valence-corrected chi connectivity index (χ0v) is 20.0. The largest absolute Gasteiger partial charge is 0.487 e. The first kappa shape index (κ1) is 23.8. The lowest BCUT2D eigenvalue weighted by Gasteiger charge is -2.38. The van der Waals surface area contributed by atoms with Crippen LogP contribution in [0.15, 0.2) is 0 Å². The maximum atomic E-state index is 11.5. The molecule has 0 saturated heterocycles. The molecule has 0 amide bonds. The molecule has 0 saturated carbocycles. The van der Waals surface area contributed by atoms with Crippen molar-refractivity contribution in [2.45, 2.75) is 112 Å². The summed E-state index contributed by atoms with van der Waals surface area (Å²) in [6, 6.07) is 0. The van der Waals surface area contributed by atoms with Crippen LogP contribution < -0.4 is 9.47 Å². The molecule has 0 spiro atoms. The zero-order valence-electron chi connectivity index (χ0n) is 20.0. The summed E-state index contributed by atoms with van der Waals surface area (Å²) in [5.74, 6) is 3.09. The third-order valence-corrected chi connectivity index (χ3v) is 6.69. The van der Waals surface area contributed by atoms with Gasteiger partial charge < -0.3 is 9.47 Å². The van der Waals surface area contributed by atoms with E-state index in [9.17, 15) is 4.79 Å². The first-order chi connectivity index (χ1) is 13.5. The molecule has 1 aliphatic heterocycles. The summed E-state index contributed by atoms with van der Waals surface area (Å²) < 4.78 is 12.1. The van der Waals surface area contributed by atoms with Crippen LogP contribution >= 0.6 is 0 Å². The van der Waals surface area contributed by atoms with Gasteiger partial charge in [0.15, 0.2) is 0 Å². The number of carbonyl (C=O) groups is 1. The standard InChI is InChI=1S/C26H42O3/c1-17(2)11-9-12-18(3)13-10-15-26(8)16-14-23-21(6)24(28-22(7)27)19(4)20(5)25(23)29-26/h17-18H,9-16H2,1-8H3. The van der Waals surface area contributed by atoms with Gasteiger partial charge in [0.05, 0.1) is 0 Å². The van der Waals surface area contributed by atoms with Crippen LogP contribution in [0, 0.1) is 32.6 Å². The lowest BCUT2D eigenvalue weighted by molar-refractivity contribution is -0.132. The Labute approximate surface area is 178 Å². The Morgan fingerprint density at radius 3 is 2.31 bits per heavy atom. The SMILES string of the molecule is CC(=O)Oc1c(C)c(C)c2c(c1C)CCC(C)(CCCC(C)CCCC(C)C)O2. The average Bonchev–Trinajstić information content (AvgIpc) is 2.63. The Morgan fingerprint density at radius 2 is 1.69 bits per heavy atom. The monoisotopic (exact) mass is 402 g/mol. The molecule has 0 aliphatic carbocycles. The van der Waals surface area contributed by atoms with Gasteiger partial charge in [-0.1, -0.05) is 46.5 Å². The molecule has 29 heavy (non-hydrogen) atoms. The van der Waals surface area contributed by atoms with Crippen molar-refractivity contribution in [2.24, 2.45) is 11.8 Å². The van der Waals surface area contributed by atoms with Crippen molar-refractivity contribution < 1.29 is 14.3 Å². The Kier molecular flexibility index (Phi) is 8.19. The van der Waals surface area contributed by atoms with Gasteiger partial charge in [-0.3, -0.25) is 4.79 Å². The van der Waals surface area contributed by atoms with Crippen molar-refractivity contribution in [1.29, 1.82) is 0 Å². The molecular weight excluding hydrogens is 360 g/mol. The molecule has 1 aromatic rings. The van der Waals surface area contributed by atoms with Crippen molar-refractivity contribution in [1.82, 2.24) is 0 Å². The van der Waals surface area contributed by atoms with Crippen LogP contribution in [-0.2, 0) is 11.2 Å². The summed E-state index contributed by atoms with van der Waals surface area (Å²) in [6.45, 7) is 16.9. The van der Waals surface area contributed by atoms with Gasteiger partial charge in [-0.15, -0.1) is 0 Å². The minimum atomic E-state index is -0.264. The van der Waals surface area contributed by atoms with Crippen molar-refractivity contribution in [3.63, 3.8) is 0 Å². The molecule has 3 heteroatoms. The number of hydrogen-bond donors (Lipinski definition) is 0. The number of hydrogen-bond acceptors (Lipinski definition) is 3. The highest BCUT2D eigenvalue weighted by Crippen LogP contribution is 2.45. The molecule has 2 rings (SSSR count). The fourth-order valence-electron chi connectivity index (χ4n) is 4.60. The van der Waals surface area contributed by atoms with E-state index in [2.05, 4.69) is 41.5 Å². The first-order valence-corrected chi connectivity index (χ1v) is 11.5. The van der Waals surface area contributed by atoms with Crippen LogP contribution in [0.2, 0.25) is 0 Å². The summed E-state index contributed by atoms with van der Waals surface area (Å²) in [5, 5.41) is 0. The third kappa shape index (κ3) is 6.23. The maximum absolute atomic E-state index is 11.5. The molecule has 1 aromatic carbocycles. The van der Waals surface area contributed by atoms with E-state index < -0.39 is 0 Å². The molecule has 2 atom stereocenters. The molecule has 0 fully saturated rings. The fraction of sp³-hybridized carbons (Fsp3) is 0.731. The summed E-state index contributed by atoms with van der Waals surface area (Å²) >= 11 is 0. The lowest BCUT2D eigenvalue weighted by Crippen LogP contribution is -2.37. The Bertz CT molecular complexity index is 719. The van der Waals surface area contributed by atoms with Crippen LogP contribution in [0.1, 0.15) is 102 Å². The molecule has 1 aliphatic rings. The summed E-state index contributed by atoms with van der Waals surface area (Å²) in [6.07, 6.45) is 9.64. The smallest absolute Gasteiger partial charge is 0.308 e. The van der Waals surface area contributed by atoms with E-state index in [-0.39, 0.29) is 11.6 Å². The third-order valence-electron chi connectivity index (χ3n) is 6.69. The highest BCUT2D eigenvalue weighted by Gasteiger charge is 2.34. The van der Waals surface area contributed by atoms with Gasteiger partial charge in [-0.2, -0.15) is 0 Å². The van der Waals surface area contributed by atoms with E-state index in [0.717, 1.165) is 59.3 Å². The molecule has 0 aromatic heterocycles. The van der Waals surface area contributed by atoms with E-state index in [1.807, 2.05) is 6.92 Å². The predicted molar refractivity (Wildman–Crippen MR) is 121 cm³/mol. The van der Waals surface area contributed by atoms with Crippen molar-refractivity contribution in [2.75, 3.05) is 0 Å². The van der Waals surface area contributed by atoms with Crippen LogP contribution in [0.5, 0.6) is 11.5 Å². The van der Waals surface area contributed by atoms with Gasteiger partial charge in [0.1, 0.15) is 17.1 Å². The number of rotatable bonds is 9. The summed E-state index contributed by atoms with van der Waals surface area (Å²) in [4.78, 5) is 11.5. The van der Waals surface area contributed by atoms with Gasteiger partial charge >= 0.3 is 5.97 Å². The highest BCUT2D eigenvalue weighted by atomic mass is 16.5. The molecule has 1 heterocycles. The van der Waals surface area contributed by atoms with Crippen LogP contribution in [0.3, 0.4) is 0 Å². The van der Waals surface area contributed by atoms with Crippen molar-refractivity contribution in [3.8, 4) is 11.5 Å². The second kappa shape index (κ2) is 10.00. The molecule has 0 radical (unpaired) electrons. The number of carbonyl (C=O) groups excluding carboxylic acids is 1. The maximum Gasteiger partial charge on any atom is 0.308 e. The van der Waals surface area contributed by atoms with E-state index in [4.69, 9.17) is 9.47 Å². The predicted octanol–water partition coefficient (Wildman–Crippen LogP) is 7.25. The van der Waals surface area contributed by atoms with Crippen molar-refractivity contribution >= 4 is 5.97 Å². The topological polar surface area (TPSA) is 35.5 Å². The molecule has 2 unspecified atom stereocenters. The molecule has 0 bridgehead atoms. The second-order valence-corrected chi connectivity index (χ2v) is 9.98. The first-order valence-electron chi connectivity index (χ1n) is 11.5. The highest BCUT2D eigenvalue weighted by molar-refractivity contribution is 5.72. The van der Waals surface area contributed by atoms with Crippen molar-refractivity contribution in [3.05, 3.63) is 22.3 Å². The Balaban J connectivity index is 2.01. The number of esters is 1. The average molecular weight is 403 g/mol. The molecule has 164 valence electrons. The van der Waals surface area contributed by atoms with E-state index in [0.29, 0.717) is 0 Å². The Morgan fingerprint density at radius 1 is 1.03 bits per heavy atom. The fourth-order valence-corrected chi connectivity index (χ4v) is 4.60. The van der Waals surface area contributed by atoms with E-state index in [1.54, 1.807) is 0 Å².